The molecule has 1 amide bonds. The lowest BCUT2D eigenvalue weighted by Crippen LogP contribution is -2.27. The summed E-state index contributed by atoms with van der Waals surface area (Å²) in [7, 11) is 1.12. The lowest BCUT2D eigenvalue weighted by atomic mass is 10.2. The zero-order valence-electron chi connectivity index (χ0n) is 8.64. The third-order valence-electron chi connectivity index (χ3n) is 1.60. The second kappa shape index (κ2) is 6.28. The van der Waals surface area contributed by atoms with Gasteiger partial charge in [0.05, 0.1) is 7.11 Å². The number of carbonyl (C=O) groups excluding carboxylic acids is 2. The minimum absolute atomic E-state index is 0.0945. The zero-order chi connectivity index (χ0) is 11.8. The van der Waals surface area contributed by atoms with Gasteiger partial charge in [0.15, 0.2) is 0 Å². The Hall–Kier alpha value is -2.24. The monoisotopic (exact) mass is 225 g/mol. The minimum Gasteiger partial charge on any atom is -0.443 e. The van der Waals surface area contributed by atoms with E-state index in [0.29, 0.717) is 0 Å². The van der Waals surface area contributed by atoms with Crippen LogP contribution in [0.15, 0.2) is 30.3 Å². The molecule has 1 N–H and O–H groups in total. The average molecular weight is 225 g/mol. The molecule has 0 saturated heterocycles. The highest BCUT2D eigenvalue weighted by molar-refractivity contribution is 5.69. The molecule has 1 rings (SSSR count). The molecule has 0 saturated carbocycles. The van der Waals surface area contributed by atoms with E-state index in [1.165, 1.54) is 0 Å². The average Bonchev–Trinajstić information content (AvgIpc) is 2.34. The molecular weight excluding hydrogens is 214 g/mol. The van der Waals surface area contributed by atoms with Gasteiger partial charge in [-0.2, -0.15) is 0 Å². The topological polar surface area (TPSA) is 73.9 Å². The molecule has 6 nitrogen and oxygen atoms in total. The molecule has 0 fully saturated rings. The third kappa shape index (κ3) is 4.32. The van der Waals surface area contributed by atoms with Crippen molar-refractivity contribution >= 4 is 12.2 Å². The lowest BCUT2D eigenvalue weighted by Gasteiger charge is -2.05. The number of amides is 1. The normalized spacial score (nSPS) is 9.06. The first-order valence-corrected chi connectivity index (χ1v) is 4.44. The second-order valence-corrected chi connectivity index (χ2v) is 2.72. The fourth-order valence-electron chi connectivity index (χ4n) is 0.878. The van der Waals surface area contributed by atoms with E-state index in [1.807, 2.05) is 18.2 Å². The van der Waals surface area contributed by atoms with Gasteiger partial charge in [-0.25, -0.2) is 9.59 Å². The van der Waals surface area contributed by atoms with E-state index >= 15 is 0 Å². The van der Waals surface area contributed by atoms with Crippen LogP contribution >= 0.6 is 0 Å². The van der Waals surface area contributed by atoms with Crippen molar-refractivity contribution in [2.75, 3.05) is 7.11 Å². The van der Waals surface area contributed by atoms with Gasteiger partial charge in [-0.15, -0.1) is 5.48 Å². The summed E-state index contributed by atoms with van der Waals surface area (Å²) >= 11 is 0. The fraction of sp³-hybridized carbons (Fsp3) is 0.200. The summed E-state index contributed by atoms with van der Waals surface area (Å²) in [5, 5.41) is 0. The Balaban J connectivity index is 2.23. The van der Waals surface area contributed by atoms with E-state index in [0.717, 1.165) is 12.7 Å². The van der Waals surface area contributed by atoms with Crippen LogP contribution in [0.4, 0.5) is 9.59 Å². The summed E-state index contributed by atoms with van der Waals surface area (Å²) < 4.78 is 8.87. The summed E-state index contributed by atoms with van der Waals surface area (Å²) in [6.07, 6.45) is -1.88. The predicted molar refractivity (Wildman–Crippen MR) is 53.3 cm³/mol. The number of hydrogen-bond donors (Lipinski definition) is 1. The van der Waals surface area contributed by atoms with Gasteiger partial charge in [-0.05, 0) is 5.56 Å². The third-order valence-corrected chi connectivity index (χ3v) is 1.60. The number of rotatable bonds is 2. The van der Waals surface area contributed by atoms with Crippen LogP contribution in [0.5, 0.6) is 0 Å². The van der Waals surface area contributed by atoms with Gasteiger partial charge in [-0.1, -0.05) is 30.3 Å². The van der Waals surface area contributed by atoms with Gasteiger partial charge in [0.25, 0.3) is 0 Å². The van der Waals surface area contributed by atoms with E-state index in [-0.39, 0.29) is 6.61 Å². The summed E-state index contributed by atoms with van der Waals surface area (Å²) in [5.41, 5.74) is 2.60. The van der Waals surface area contributed by atoms with Crippen LogP contribution in [0.1, 0.15) is 5.56 Å². The van der Waals surface area contributed by atoms with E-state index < -0.39 is 12.2 Å². The first kappa shape index (κ1) is 11.8. The summed E-state index contributed by atoms with van der Waals surface area (Å²) in [4.78, 5) is 25.6. The molecular formula is C10H11NO5. The zero-order valence-corrected chi connectivity index (χ0v) is 8.64. The van der Waals surface area contributed by atoms with Crippen LogP contribution in [0.25, 0.3) is 0 Å². The van der Waals surface area contributed by atoms with Crippen LogP contribution < -0.4 is 5.48 Å². The molecule has 0 bridgehead atoms. The standard InChI is InChI=1S/C10H11NO5/c1-14-10(13)16-11-9(12)15-7-8-5-3-2-4-6-8/h2-6H,7H2,1H3,(H,11,12). The number of nitrogens with one attached hydrogen (secondary N) is 1. The predicted octanol–water partition coefficient (Wildman–Crippen LogP) is 1.61. The Bertz CT molecular complexity index is 351. The van der Waals surface area contributed by atoms with Crippen molar-refractivity contribution in [2.24, 2.45) is 0 Å². The van der Waals surface area contributed by atoms with Crippen molar-refractivity contribution in [3.63, 3.8) is 0 Å². The van der Waals surface area contributed by atoms with Crippen molar-refractivity contribution in [2.45, 2.75) is 6.61 Å². The number of hydroxylamine groups is 1. The number of carbonyl (C=O) groups is 2. The lowest BCUT2D eigenvalue weighted by molar-refractivity contribution is 0.0211. The highest BCUT2D eigenvalue weighted by atomic mass is 16.8. The Labute approximate surface area is 92.1 Å². The molecule has 0 heterocycles. The molecule has 6 heteroatoms. The quantitative estimate of drug-likeness (QED) is 0.611. The second-order valence-electron chi connectivity index (χ2n) is 2.72. The first-order valence-electron chi connectivity index (χ1n) is 4.44. The maximum Gasteiger partial charge on any atom is 0.533 e. The molecule has 1 aromatic carbocycles. The van der Waals surface area contributed by atoms with E-state index in [9.17, 15) is 9.59 Å². The highest BCUT2D eigenvalue weighted by Crippen LogP contribution is 2.00. The van der Waals surface area contributed by atoms with Gasteiger partial charge in [-0.3, -0.25) is 0 Å². The molecule has 86 valence electrons. The van der Waals surface area contributed by atoms with Crippen molar-refractivity contribution in [3.8, 4) is 0 Å². The first-order chi connectivity index (χ1) is 7.72. The Morgan fingerprint density at radius 1 is 1.25 bits per heavy atom. The van der Waals surface area contributed by atoms with Crippen molar-refractivity contribution in [1.82, 2.24) is 5.48 Å². The Morgan fingerprint density at radius 3 is 2.56 bits per heavy atom. The minimum atomic E-state index is -1.02. The van der Waals surface area contributed by atoms with Gasteiger partial charge < -0.3 is 14.3 Å². The summed E-state index contributed by atoms with van der Waals surface area (Å²) in [5.74, 6) is 0. The highest BCUT2D eigenvalue weighted by Gasteiger charge is 2.06. The largest absolute Gasteiger partial charge is 0.533 e. The number of hydrogen-bond acceptors (Lipinski definition) is 5. The van der Waals surface area contributed by atoms with Crippen molar-refractivity contribution in [1.29, 1.82) is 0 Å². The van der Waals surface area contributed by atoms with Crippen LogP contribution in [0.3, 0.4) is 0 Å². The van der Waals surface area contributed by atoms with Gasteiger partial charge in [0.1, 0.15) is 6.61 Å². The number of benzene rings is 1. The van der Waals surface area contributed by atoms with Crippen LogP contribution in [0, 0.1) is 0 Å². The number of ether oxygens (including phenoxy) is 2. The molecule has 0 aliphatic heterocycles. The summed E-state index contributed by atoms with van der Waals surface area (Å²) in [6.45, 7) is 0.0945. The number of methoxy groups -OCH3 is 1. The molecule has 0 aliphatic rings. The van der Waals surface area contributed by atoms with E-state index in [4.69, 9.17) is 4.74 Å². The van der Waals surface area contributed by atoms with E-state index in [1.54, 1.807) is 17.6 Å². The van der Waals surface area contributed by atoms with Crippen LogP contribution in [-0.4, -0.2) is 19.4 Å². The van der Waals surface area contributed by atoms with Crippen molar-refractivity contribution in [3.05, 3.63) is 35.9 Å². The maximum atomic E-state index is 11.0. The molecule has 0 radical (unpaired) electrons. The van der Waals surface area contributed by atoms with Crippen molar-refractivity contribution < 1.29 is 23.9 Å². The SMILES string of the molecule is COC(=O)ONC(=O)OCc1ccccc1. The van der Waals surface area contributed by atoms with Gasteiger partial charge >= 0.3 is 12.2 Å². The molecule has 16 heavy (non-hydrogen) atoms. The summed E-state index contributed by atoms with van der Waals surface area (Å²) in [6, 6.07) is 9.09. The molecule has 0 aromatic heterocycles. The molecule has 0 unspecified atom stereocenters. The van der Waals surface area contributed by atoms with Crippen LogP contribution in [0.2, 0.25) is 0 Å². The van der Waals surface area contributed by atoms with Gasteiger partial charge in [0.2, 0.25) is 0 Å². The Kier molecular flexibility index (Phi) is 4.65. The van der Waals surface area contributed by atoms with Gasteiger partial charge in [0, 0.05) is 0 Å². The smallest absolute Gasteiger partial charge is 0.443 e. The molecule has 1 aromatic rings. The molecule has 0 atom stereocenters. The Morgan fingerprint density at radius 2 is 1.94 bits per heavy atom. The van der Waals surface area contributed by atoms with E-state index in [2.05, 4.69) is 9.57 Å². The van der Waals surface area contributed by atoms with Crippen LogP contribution in [-0.2, 0) is 20.9 Å². The molecule has 0 spiro atoms. The molecule has 0 aliphatic carbocycles. The fourth-order valence-corrected chi connectivity index (χ4v) is 0.878. The maximum absolute atomic E-state index is 11.0.